The number of carbonyl (C=O) groups is 1. The van der Waals surface area contributed by atoms with E-state index in [9.17, 15) is 9.18 Å². The van der Waals surface area contributed by atoms with Crippen molar-refractivity contribution in [1.82, 2.24) is 19.4 Å². The lowest BCUT2D eigenvalue weighted by molar-refractivity contribution is -0.155. The van der Waals surface area contributed by atoms with E-state index in [4.69, 9.17) is 9.47 Å². The lowest BCUT2D eigenvalue weighted by atomic mass is 10.0. The van der Waals surface area contributed by atoms with Gasteiger partial charge in [-0.15, -0.1) is 0 Å². The van der Waals surface area contributed by atoms with Crippen LogP contribution in [0.5, 0.6) is 5.75 Å². The second-order valence-corrected chi connectivity index (χ2v) is 7.75. The van der Waals surface area contributed by atoms with Crippen molar-refractivity contribution >= 4 is 5.91 Å². The highest BCUT2D eigenvalue weighted by Gasteiger charge is 2.33. The molecule has 0 spiro atoms. The Labute approximate surface area is 170 Å². The summed E-state index contributed by atoms with van der Waals surface area (Å²) in [5.74, 6) is 0.354. The minimum absolute atomic E-state index is 0.0492. The number of imidazole rings is 1. The van der Waals surface area contributed by atoms with E-state index in [0.29, 0.717) is 18.9 Å². The van der Waals surface area contributed by atoms with E-state index >= 15 is 0 Å². The number of piperidine rings is 1. The van der Waals surface area contributed by atoms with Crippen molar-refractivity contribution in [2.75, 3.05) is 32.8 Å². The third kappa shape index (κ3) is 4.94. The van der Waals surface area contributed by atoms with E-state index in [2.05, 4.69) is 9.88 Å². The average Bonchev–Trinajstić information content (AvgIpc) is 3.14. The SMILES string of the molecule is Cn1cncc1CN1CCC(N2C[C@H](COc3ccc(F)cc3)OCC2=O)CC1. The molecule has 0 bridgehead atoms. The van der Waals surface area contributed by atoms with Gasteiger partial charge in [-0.25, -0.2) is 9.37 Å². The molecule has 2 aliphatic rings. The Balaban J connectivity index is 1.27. The summed E-state index contributed by atoms with van der Waals surface area (Å²) in [4.78, 5) is 21.0. The van der Waals surface area contributed by atoms with Gasteiger partial charge in [-0.05, 0) is 37.1 Å². The van der Waals surface area contributed by atoms with Gasteiger partial charge in [-0.1, -0.05) is 0 Å². The first-order valence-corrected chi connectivity index (χ1v) is 10.1. The Morgan fingerprint density at radius 3 is 2.69 bits per heavy atom. The molecule has 1 aromatic heterocycles. The van der Waals surface area contributed by atoms with Gasteiger partial charge in [0.15, 0.2) is 0 Å². The van der Waals surface area contributed by atoms with Crippen molar-refractivity contribution < 1.29 is 18.7 Å². The number of likely N-dealkylation sites (tertiary alicyclic amines) is 1. The van der Waals surface area contributed by atoms with Gasteiger partial charge in [0.2, 0.25) is 5.91 Å². The molecule has 0 N–H and O–H groups in total. The molecular formula is C21H27FN4O3. The fourth-order valence-corrected chi connectivity index (χ4v) is 3.97. The molecule has 29 heavy (non-hydrogen) atoms. The largest absolute Gasteiger partial charge is 0.491 e. The molecule has 4 rings (SSSR count). The average molecular weight is 402 g/mol. The molecule has 2 aromatic rings. The van der Waals surface area contributed by atoms with Gasteiger partial charge in [-0.2, -0.15) is 0 Å². The molecule has 2 fully saturated rings. The van der Waals surface area contributed by atoms with Crippen molar-refractivity contribution in [1.29, 1.82) is 0 Å². The number of ether oxygens (including phenoxy) is 2. The Hall–Kier alpha value is -2.45. The Kier molecular flexibility index (Phi) is 6.10. The molecule has 3 heterocycles. The monoisotopic (exact) mass is 402 g/mol. The number of benzene rings is 1. The van der Waals surface area contributed by atoms with Crippen LogP contribution in [0.25, 0.3) is 0 Å². The molecule has 0 aliphatic carbocycles. The number of aryl methyl sites for hydroxylation is 1. The van der Waals surface area contributed by atoms with E-state index in [1.54, 1.807) is 12.1 Å². The molecule has 2 saturated heterocycles. The van der Waals surface area contributed by atoms with Crippen LogP contribution < -0.4 is 4.74 Å². The Bertz CT molecular complexity index is 818. The number of carbonyl (C=O) groups excluding carboxylic acids is 1. The minimum Gasteiger partial charge on any atom is -0.491 e. The Morgan fingerprint density at radius 2 is 2.00 bits per heavy atom. The molecular weight excluding hydrogens is 375 g/mol. The first kappa shape index (κ1) is 19.8. The van der Waals surface area contributed by atoms with Crippen LogP contribution in [0.4, 0.5) is 4.39 Å². The van der Waals surface area contributed by atoms with Gasteiger partial charge >= 0.3 is 0 Å². The van der Waals surface area contributed by atoms with E-state index in [-0.39, 0.29) is 30.5 Å². The second-order valence-electron chi connectivity index (χ2n) is 7.75. The van der Waals surface area contributed by atoms with Gasteiger partial charge in [0.1, 0.15) is 30.9 Å². The highest BCUT2D eigenvalue weighted by atomic mass is 19.1. The maximum absolute atomic E-state index is 13.0. The summed E-state index contributed by atoms with van der Waals surface area (Å²) in [7, 11) is 2.01. The molecule has 7 nitrogen and oxygen atoms in total. The summed E-state index contributed by atoms with van der Waals surface area (Å²) in [6.07, 6.45) is 5.46. The molecule has 1 atom stereocenters. The van der Waals surface area contributed by atoms with E-state index in [1.807, 2.05) is 29.0 Å². The molecule has 2 aliphatic heterocycles. The number of hydrogen-bond acceptors (Lipinski definition) is 5. The zero-order valence-electron chi connectivity index (χ0n) is 16.7. The summed E-state index contributed by atoms with van der Waals surface area (Å²) >= 11 is 0. The summed E-state index contributed by atoms with van der Waals surface area (Å²) in [6, 6.07) is 6.17. The zero-order valence-corrected chi connectivity index (χ0v) is 16.7. The van der Waals surface area contributed by atoms with Crippen LogP contribution in [-0.2, 0) is 23.1 Å². The van der Waals surface area contributed by atoms with Crippen LogP contribution in [-0.4, -0.2) is 70.3 Å². The van der Waals surface area contributed by atoms with Crippen LogP contribution in [0.3, 0.4) is 0 Å². The van der Waals surface area contributed by atoms with E-state index in [1.165, 1.54) is 17.8 Å². The number of hydrogen-bond donors (Lipinski definition) is 0. The zero-order chi connectivity index (χ0) is 20.2. The van der Waals surface area contributed by atoms with Crippen LogP contribution >= 0.6 is 0 Å². The summed E-state index contributed by atoms with van der Waals surface area (Å²) in [5.41, 5.74) is 1.20. The lowest BCUT2D eigenvalue weighted by Gasteiger charge is -2.42. The fourth-order valence-electron chi connectivity index (χ4n) is 3.97. The number of nitrogens with zero attached hydrogens (tertiary/aromatic N) is 4. The summed E-state index contributed by atoms with van der Waals surface area (Å²) in [5, 5.41) is 0. The topological polar surface area (TPSA) is 59.8 Å². The number of morpholine rings is 1. The van der Waals surface area contributed by atoms with Crippen molar-refractivity contribution in [3.8, 4) is 5.75 Å². The maximum atomic E-state index is 13.0. The van der Waals surface area contributed by atoms with Crippen molar-refractivity contribution in [2.45, 2.75) is 31.5 Å². The van der Waals surface area contributed by atoms with Gasteiger partial charge in [0, 0.05) is 38.9 Å². The molecule has 1 amide bonds. The summed E-state index contributed by atoms with van der Waals surface area (Å²) in [6.45, 7) is 3.76. The van der Waals surface area contributed by atoms with Crippen LogP contribution in [0.15, 0.2) is 36.8 Å². The van der Waals surface area contributed by atoms with Crippen LogP contribution in [0.1, 0.15) is 18.5 Å². The molecule has 1 aromatic carbocycles. The number of halogens is 1. The fraction of sp³-hybridized carbons (Fsp3) is 0.524. The molecule has 8 heteroatoms. The van der Waals surface area contributed by atoms with E-state index in [0.717, 1.165) is 32.5 Å². The normalized spacial score (nSPS) is 21.5. The quantitative estimate of drug-likeness (QED) is 0.738. The number of aromatic nitrogens is 2. The predicted molar refractivity (Wildman–Crippen MR) is 105 cm³/mol. The van der Waals surface area contributed by atoms with Gasteiger partial charge in [0.05, 0.1) is 18.6 Å². The maximum Gasteiger partial charge on any atom is 0.248 e. The minimum atomic E-state index is -0.294. The van der Waals surface area contributed by atoms with Gasteiger partial charge in [0.25, 0.3) is 0 Å². The molecule has 0 radical (unpaired) electrons. The first-order valence-electron chi connectivity index (χ1n) is 10.1. The summed E-state index contributed by atoms with van der Waals surface area (Å²) < 4.78 is 26.4. The predicted octanol–water partition coefficient (Wildman–Crippen LogP) is 1.83. The third-order valence-corrected chi connectivity index (χ3v) is 5.71. The second kappa shape index (κ2) is 8.92. The van der Waals surface area contributed by atoms with Crippen molar-refractivity contribution in [3.05, 3.63) is 48.3 Å². The molecule has 0 saturated carbocycles. The van der Waals surface area contributed by atoms with Gasteiger partial charge < -0.3 is 18.9 Å². The third-order valence-electron chi connectivity index (χ3n) is 5.71. The highest BCUT2D eigenvalue weighted by molar-refractivity contribution is 5.78. The first-order chi connectivity index (χ1) is 14.1. The van der Waals surface area contributed by atoms with Crippen molar-refractivity contribution in [2.24, 2.45) is 7.05 Å². The van der Waals surface area contributed by atoms with Crippen molar-refractivity contribution in [3.63, 3.8) is 0 Å². The van der Waals surface area contributed by atoms with Crippen LogP contribution in [0, 0.1) is 5.82 Å². The van der Waals surface area contributed by atoms with Crippen LogP contribution in [0.2, 0.25) is 0 Å². The standard InChI is InChI=1S/C21H27FN4O3/c1-24-15-23-10-18(24)11-25-8-6-17(7-9-25)26-12-20(29-14-21(26)27)13-28-19-4-2-16(22)3-5-19/h2-5,10,15,17,20H,6-9,11-14H2,1H3/t20-/m1/s1. The number of rotatable bonds is 6. The highest BCUT2D eigenvalue weighted by Crippen LogP contribution is 2.22. The lowest BCUT2D eigenvalue weighted by Crippen LogP contribution is -2.55. The smallest absolute Gasteiger partial charge is 0.248 e. The Morgan fingerprint density at radius 1 is 1.24 bits per heavy atom. The molecule has 0 unspecified atom stereocenters. The molecule has 156 valence electrons. The van der Waals surface area contributed by atoms with Gasteiger partial charge in [-0.3, -0.25) is 9.69 Å². The van der Waals surface area contributed by atoms with E-state index < -0.39 is 0 Å². The number of amides is 1.